The van der Waals surface area contributed by atoms with Crippen LogP contribution in [0.15, 0.2) is 146 Å². The van der Waals surface area contributed by atoms with E-state index in [1.54, 1.807) is 0 Å². The Kier molecular flexibility index (Phi) is 5.81. The molecule has 0 fully saturated rings. The first kappa shape index (κ1) is 24.0. The van der Waals surface area contributed by atoms with Crippen LogP contribution in [0.2, 0.25) is 0 Å². The summed E-state index contributed by atoms with van der Waals surface area (Å²) in [5, 5.41) is 2.59. The highest BCUT2D eigenvalue weighted by Gasteiger charge is 2.23. The van der Waals surface area contributed by atoms with Gasteiger partial charge in [-0.05, 0) is 88.4 Å². The molecule has 41 heavy (non-hydrogen) atoms. The Morgan fingerprint density at radius 3 is 1.78 bits per heavy atom. The first-order valence-corrected chi connectivity index (χ1v) is 14.7. The largest absolute Gasteiger partial charge is 0.309 e. The van der Waals surface area contributed by atoms with Crippen molar-refractivity contribution in [2.45, 2.75) is 25.2 Å². The number of aromatic nitrogens is 1. The van der Waals surface area contributed by atoms with E-state index in [0.717, 1.165) is 19.3 Å². The summed E-state index contributed by atoms with van der Waals surface area (Å²) in [6, 6.07) is 53.5. The molecule has 1 aliphatic rings. The van der Waals surface area contributed by atoms with Crippen LogP contribution in [0.1, 0.15) is 29.0 Å². The second kappa shape index (κ2) is 9.94. The van der Waals surface area contributed by atoms with Gasteiger partial charge in [0.1, 0.15) is 0 Å². The standard InChI is InChI=1S/C40H31N/c1-2-10-34-31(9-1)27-32(35-11-3-4-12-36(34)35)22-19-28-17-20-29(21-18-28)30-23-25-33(26-24-30)41-39-15-7-5-13-37(39)38-14-6-8-16-40(38)41/h1-18,20-21,23-26,32H,19,22,27H2. The molecule has 1 aliphatic carbocycles. The van der Waals surface area contributed by atoms with Crippen molar-refractivity contribution in [3.63, 3.8) is 0 Å². The lowest BCUT2D eigenvalue weighted by Crippen LogP contribution is -2.12. The molecule has 1 heteroatoms. The fourth-order valence-electron chi connectivity index (χ4n) is 6.90. The van der Waals surface area contributed by atoms with E-state index in [4.69, 9.17) is 0 Å². The van der Waals surface area contributed by atoms with Gasteiger partial charge in [-0.2, -0.15) is 0 Å². The second-order valence-corrected chi connectivity index (χ2v) is 11.3. The summed E-state index contributed by atoms with van der Waals surface area (Å²) in [7, 11) is 0. The molecule has 1 aromatic heterocycles. The predicted molar refractivity (Wildman–Crippen MR) is 173 cm³/mol. The highest BCUT2D eigenvalue weighted by molar-refractivity contribution is 6.09. The van der Waals surface area contributed by atoms with Crippen molar-refractivity contribution in [3.05, 3.63) is 162 Å². The molecule has 7 aromatic rings. The fraction of sp³-hybridized carbons (Fsp3) is 0.100. The molecule has 0 aliphatic heterocycles. The quantitative estimate of drug-likeness (QED) is 0.211. The van der Waals surface area contributed by atoms with Crippen molar-refractivity contribution in [3.8, 4) is 27.9 Å². The van der Waals surface area contributed by atoms with Gasteiger partial charge in [-0.15, -0.1) is 0 Å². The minimum absolute atomic E-state index is 0.564. The summed E-state index contributed by atoms with van der Waals surface area (Å²) in [5.74, 6) is 0.564. The summed E-state index contributed by atoms with van der Waals surface area (Å²) in [5.41, 5.74) is 13.4. The Morgan fingerprint density at radius 2 is 1.07 bits per heavy atom. The topological polar surface area (TPSA) is 4.93 Å². The van der Waals surface area contributed by atoms with Crippen LogP contribution in [0.25, 0.3) is 49.7 Å². The average molecular weight is 526 g/mol. The molecule has 0 saturated carbocycles. The van der Waals surface area contributed by atoms with Gasteiger partial charge in [-0.1, -0.05) is 121 Å². The Bertz CT molecular complexity index is 1950. The van der Waals surface area contributed by atoms with Gasteiger partial charge in [-0.3, -0.25) is 0 Å². The highest BCUT2D eigenvalue weighted by atomic mass is 15.0. The van der Waals surface area contributed by atoms with Gasteiger partial charge in [0.25, 0.3) is 0 Å². The minimum atomic E-state index is 0.564. The van der Waals surface area contributed by atoms with Gasteiger partial charge in [0.05, 0.1) is 11.0 Å². The van der Waals surface area contributed by atoms with Gasteiger partial charge < -0.3 is 4.57 Å². The van der Waals surface area contributed by atoms with Crippen molar-refractivity contribution in [2.75, 3.05) is 0 Å². The van der Waals surface area contributed by atoms with Gasteiger partial charge in [0.2, 0.25) is 0 Å². The van der Waals surface area contributed by atoms with Gasteiger partial charge in [0.15, 0.2) is 0 Å². The molecular weight excluding hydrogens is 494 g/mol. The maximum absolute atomic E-state index is 2.37. The SMILES string of the molecule is c1ccc2c(c1)CC(CCc1ccc(-c3ccc(-n4c5ccccc5c5ccccc54)cc3)cc1)c1ccccc1-2. The predicted octanol–water partition coefficient (Wildman–Crippen LogP) is 10.4. The molecular formula is C40H31N. The molecule has 1 nitrogen and oxygen atoms in total. The summed E-state index contributed by atoms with van der Waals surface area (Å²) in [4.78, 5) is 0. The number of benzene rings is 6. The number of fused-ring (bicyclic) bond motifs is 6. The lowest BCUT2D eigenvalue weighted by molar-refractivity contribution is 0.616. The van der Waals surface area contributed by atoms with Gasteiger partial charge >= 0.3 is 0 Å². The molecule has 0 radical (unpaired) electrons. The molecule has 1 atom stereocenters. The van der Waals surface area contributed by atoms with Crippen LogP contribution in [0.4, 0.5) is 0 Å². The molecule has 1 unspecified atom stereocenters. The highest BCUT2D eigenvalue weighted by Crippen LogP contribution is 2.41. The van der Waals surface area contributed by atoms with Gasteiger partial charge in [-0.25, -0.2) is 0 Å². The smallest absolute Gasteiger partial charge is 0.0541 e. The van der Waals surface area contributed by atoms with E-state index in [9.17, 15) is 0 Å². The number of aryl methyl sites for hydroxylation is 1. The zero-order valence-corrected chi connectivity index (χ0v) is 23.0. The van der Waals surface area contributed by atoms with E-state index < -0.39 is 0 Å². The van der Waals surface area contributed by atoms with E-state index >= 15 is 0 Å². The Hall–Kier alpha value is -4.88. The summed E-state index contributed by atoms with van der Waals surface area (Å²) < 4.78 is 2.37. The average Bonchev–Trinajstić information content (AvgIpc) is 3.38. The van der Waals surface area contributed by atoms with Crippen molar-refractivity contribution < 1.29 is 0 Å². The van der Waals surface area contributed by atoms with Crippen LogP contribution in [0, 0.1) is 0 Å². The van der Waals surface area contributed by atoms with Crippen molar-refractivity contribution in [1.29, 1.82) is 0 Å². The van der Waals surface area contributed by atoms with Crippen molar-refractivity contribution in [1.82, 2.24) is 4.57 Å². The molecule has 0 spiro atoms. The number of hydrogen-bond acceptors (Lipinski definition) is 0. The van der Waals surface area contributed by atoms with Crippen molar-refractivity contribution >= 4 is 21.8 Å². The number of rotatable bonds is 5. The molecule has 0 amide bonds. The molecule has 0 N–H and O–H groups in total. The Balaban J connectivity index is 1.02. The summed E-state index contributed by atoms with van der Waals surface area (Å²) in [6.07, 6.45) is 3.38. The molecule has 8 rings (SSSR count). The first-order chi connectivity index (χ1) is 20.3. The fourth-order valence-corrected chi connectivity index (χ4v) is 6.90. The number of hydrogen-bond donors (Lipinski definition) is 0. The monoisotopic (exact) mass is 525 g/mol. The van der Waals surface area contributed by atoms with E-state index in [2.05, 4.69) is 150 Å². The van der Waals surface area contributed by atoms with Crippen molar-refractivity contribution in [2.24, 2.45) is 0 Å². The zero-order chi connectivity index (χ0) is 27.2. The van der Waals surface area contributed by atoms with Gasteiger partial charge in [0, 0.05) is 16.5 Å². The zero-order valence-electron chi connectivity index (χ0n) is 23.0. The Labute approximate surface area is 241 Å². The summed E-state index contributed by atoms with van der Waals surface area (Å²) in [6.45, 7) is 0. The third kappa shape index (κ3) is 4.17. The molecule has 0 saturated heterocycles. The molecule has 1 heterocycles. The van der Waals surface area contributed by atoms with Crippen LogP contribution < -0.4 is 0 Å². The Morgan fingerprint density at radius 1 is 0.512 bits per heavy atom. The maximum atomic E-state index is 2.37. The second-order valence-electron chi connectivity index (χ2n) is 11.3. The molecule has 196 valence electrons. The first-order valence-electron chi connectivity index (χ1n) is 14.7. The molecule has 6 aromatic carbocycles. The molecule has 0 bridgehead atoms. The third-order valence-electron chi connectivity index (χ3n) is 8.95. The lowest BCUT2D eigenvalue weighted by atomic mass is 9.76. The van der Waals surface area contributed by atoms with Crippen LogP contribution in [0.5, 0.6) is 0 Å². The number of para-hydroxylation sites is 2. The van der Waals surface area contributed by atoms with E-state index in [1.807, 2.05) is 0 Å². The van der Waals surface area contributed by atoms with E-state index in [0.29, 0.717) is 5.92 Å². The number of nitrogens with zero attached hydrogens (tertiary/aromatic N) is 1. The lowest BCUT2D eigenvalue weighted by Gasteiger charge is -2.28. The van der Waals surface area contributed by atoms with E-state index in [-0.39, 0.29) is 0 Å². The van der Waals surface area contributed by atoms with Crippen LogP contribution in [-0.4, -0.2) is 4.57 Å². The maximum Gasteiger partial charge on any atom is 0.0541 e. The van der Waals surface area contributed by atoms with Crippen LogP contribution in [0.3, 0.4) is 0 Å². The summed E-state index contributed by atoms with van der Waals surface area (Å²) >= 11 is 0. The third-order valence-corrected chi connectivity index (χ3v) is 8.95. The van der Waals surface area contributed by atoms with Crippen LogP contribution in [-0.2, 0) is 12.8 Å². The minimum Gasteiger partial charge on any atom is -0.309 e. The van der Waals surface area contributed by atoms with E-state index in [1.165, 1.54) is 66.4 Å². The van der Waals surface area contributed by atoms with Crippen LogP contribution >= 0.6 is 0 Å². The normalized spacial score (nSPS) is 14.2.